The molecular weight excluding hydrogens is 468 g/mol. The van der Waals surface area contributed by atoms with E-state index in [9.17, 15) is 17.6 Å². The molecule has 2 aliphatic rings. The maximum Gasteiger partial charge on any atom is 0.200 e. The van der Waals surface area contributed by atoms with Gasteiger partial charge >= 0.3 is 0 Å². The lowest BCUT2D eigenvalue weighted by atomic mass is 9.67. The first-order chi connectivity index (χ1) is 17.4. The molecule has 0 unspecified atom stereocenters. The van der Waals surface area contributed by atoms with Gasteiger partial charge in [-0.2, -0.15) is 8.78 Å². The summed E-state index contributed by atoms with van der Waals surface area (Å²) in [5.74, 6) is -2.18. The lowest BCUT2D eigenvalue weighted by molar-refractivity contribution is 0.174. The molecule has 0 bridgehead atoms. The van der Waals surface area contributed by atoms with Crippen molar-refractivity contribution in [3.63, 3.8) is 0 Å². The van der Waals surface area contributed by atoms with Crippen LogP contribution in [-0.4, -0.2) is 13.2 Å². The van der Waals surface area contributed by atoms with E-state index >= 15 is 0 Å². The second-order valence-corrected chi connectivity index (χ2v) is 10.4. The summed E-state index contributed by atoms with van der Waals surface area (Å²) in [6.07, 6.45) is 9.06. The quantitative estimate of drug-likeness (QED) is 0.249. The number of halogens is 4. The van der Waals surface area contributed by atoms with E-state index in [4.69, 9.17) is 9.47 Å². The zero-order valence-corrected chi connectivity index (χ0v) is 21.4. The molecule has 0 aliphatic heterocycles. The maximum atomic E-state index is 14.8. The van der Waals surface area contributed by atoms with E-state index in [0.717, 1.165) is 64.2 Å². The Kier molecular flexibility index (Phi) is 9.19. The van der Waals surface area contributed by atoms with Crippen molar-refractivity contribution in [1.82, 2.24) is 0 Å². The Morgan fingerprint density at radius 3 is 1.47 bits per heavy atom. The van der Waals surface area contributed by atoms with Crippen molar-refractivity contribution in [3.05, 3.63) is 58.7 Å². The van der Waals surface area contributed by atoms with Crippen molar-refractivity contribution in [2.24, 2.45) is 11.8 Å². The number of benzene rings is 2. The molecule has 6 heteroatoms. The van der Waals surface area contributed by atoms with Crippen LogP contribution in [0.1, 0.15) is 101 Å². The molecule has 2 aliphatic carbocycles. The van der Waals surface area contributed by atoms with Crippen LogP contribution in [0.2, 0.25) is 0 Å². The predicted molar refractivity (Wildman–Crippen MR) is 134 cm³/mol. The molecule has 2 aromatic rings. The third-order valence-electron chi connectivity index (χ3n) is 8.30. The standard InChI is InChI=1S/C30H38F4O2/c1-3-5-18-36-26-17-15-24(28(32)30(26)34)22-12-8-20(9-13-22)19-6-10-21(11-7-19)23-14-16-25(35-4-2)29(33)27(23)31/h14-17,19-22H,3-13,18H2,1-2H3/t19-,20-,21-,22-. The number of hydrogen-bond donors (Lipinski definition) is 0. The fraction of sp³-hybridized carbons (Fsp3) is 0.600. The van der Waals surface area contributed by atoms with Crippen molar-refractivity contribution in [2.75, 3.05) is 13.2 Å². The van der Waals surface area contributed by atoms with Gasteiger partial charge in [0, 0.05) is 0 Å². The highest BCUT2D eigenvalue weighted by Gasteiger charge is 2.34. The van der Waals surface area contributed by atoms with Gasteiger partial charge in [0.2, 0.25) is 11.6 Å². The smallest absolute Gasteiger partial charge is 0.200 e. The lowest BCUT2D eigenvalue weighted by Gasteiger charge is -2.38. The Balaban J connectivity index is 1.30. The van der Waals surface area contributed by atoms with E-state index < -0.39 is 23.3 Å². The minimum absolute atomic E-state index is 0.000932. The topological polar surface area (TPSA) is 18.5 Å². The first kappa shape index (κ1) is 26.8. The van der Waals surface area contributed by atoms with Gasteiger partial charge in [-0.05, 0) is 112 Å². The summed E-state index contributed by atoms with van der Waals surface area (Å²) in [6.45, 7) is 4.45. The molecule has 4 rings (SSSR count). The molecule has 0 atom stereocenters. The molecule has 0 saturated heterocycles. The van der Waals surface area contributed by atoms with E-state index in [0.29, 0.717) is 36.2 Å². The first-order valence-corrected chi connectivity index (χ1v) is 13.7. The van der Waals surface area contributed by atoms with Crippen LogP contribution in [0, 0.1) is 35.1 Å². The third kappa shape index (κ3) is 5.84. The van der Waals surface area contributed by atoms with Crippen LogP contribution in [0.4, 0.5) is 17.6 Å². The summed E-state index contributed by atoms with van der Waals surface area (Å²) in [5.41, 5.74) is 0.920. The molecule has 0 heterocycles. The summed E-state index contributed by atoms with van der Waals surface area (Å²) in [5, 5.41) is 0. The van der Waals surface area contributed by atoms with Crippen LogP contribution in [0.15, 0.2) is 24.3 Å². The summed E-state index contributed by atoms with van der Waals surface area (Å²) >= 11 is 0. The Hall–Kier alpha value is -2.24. The van der Waals surface area contributed by atoms with Crippen molar-refractivity contribution < 1.29 is 27.0 Å². The molecule has 2 fully saturated rings. The SMILES string of the molecule is CCCCOc1ccc([C@H]2CC[C@H]([C@H]3CC[C@H](c4ccc(OCC)c(F)c4F)CC3)CC2)c(F)c1F. The van der Waals surface area contributed by atoms with E-state index in [-0.39, 0.29) is 23.3 Å². The second kappa shape index (κ2) is 12.3. The minimum atomic E-state index is -0.890. The average molecular weight is 507 g/mol. The molecule has 2 nitrogen and oxygen atoms in total. The molecule has 0 amide bonds. The van der Waals surface area contributed by atoms with Crippen LogP contribution in [0.5, 0.6) is 11.5 Å². The molecule has 0 N–H and O–H groups in total. The largest absolute Gasteiger partial charge is 0.491 e. The van der Waals surface area contributed by atoms with Gasteiger partial charge in [0.1, 0.15) is 0 Å². The van der Waals surface area contributed by atoms with Crippen LogP contribution in [-0.2, 0) is 0 Å². The van der Waals surface area contributed by atoms with Crippen LogP contribution in [0.25, 0.3) is 0 Å². The van der Waals surface area contributed by atoms with Gasteiger partial charge in [0.25, 0.3) is 0 Å². The molecule has 2 saturated carbocycles. The summed E-state index contributed by atoms with van der Waals surface area (Å²) < 4.78 is 68.9. The van der Waals surface area contributed by atoms with Crippen molar-refractivity contribution in [2.45, 2.75) is 89.9 Å². The van der Waals surface area contributed by atoms with Gasteiger partial charge in [0.05, 0.1) is 13.2 Å². The monoisotopic (exact) mass is 506 g/mol. The zero-order valence-electron chi connectivity index (χ0n) is 21.4. The van der Waals surface area contributed by atoms with E-state index in [1.807, 2.05) is 6.92 Å². The Labute approximate surface area is 212 Å². The molecule has 0 spiro atoms. The van der Waals surface area contributed by atoms with Gasteiger partial charge < -0.3 is 9.47 Å². The van der Waals surface area contributed by atoms with Gasteiger partial charge in [-0.3, -0.25) is 0 Å². The molecule has 0 aromatic heterocycles. The average Bonchev–Trinajstić information content (AvgIpc) is 2.90. The highest BCUT2D eigenvalue weighted by molar-refractivity contribution is 5.34. The van der Waals surface area contributed by atoms with Crippen molar-refractivity contribution in [3.8, 4) is 11.5 Å². The van der Waals surface area contributed by atoms with Crippen molar-refractivity contribution in [1.29, 1.82) is 0 Å². The predicted octanol–water partition coefficient (Wildman–Crippen LogP) is 9.07. The number of rotatable bonds is 9. The molecule has 2 aromatic carbocycles. The summed E-state index contributed by atoms with van der Waals surface area (Å²) in [7, 11) is 0. The van der Waals surface area contributed by atoms with Gasteiger partial charge in [-0.15, -0.1) is 0 Å². The van der Waals surface area contributed by atoms with Crippen LogP contribution in [0.3, 0.4) is 0 Å². The normalized spacial score (nSPS) is 24.5. The number of hydrogen-bond acceptors (Lipinski definition) is 2. The van der Waals surface area contributed by atoms with Gasteiger partial charge in [-0.1, -0.05) is 25.5 Å². The van der Waals surface area contributed by atoms with E-state index in [1.54, 1.807) is 25.1 Å². The third-order valence-corrected chi connectivity index (χ3v) is 8.30. The van der Waals surface area contributed by atoms with E-state index in [1.165, 1.54) is 6.07 Å². The number of unbranched alkanes of at least 4 members (excludes halogenated alkanes) is 1. The zero-order chi connectivity index (χ0) is 25.7. The fourth-order valence-electron chi connectivity index (χ4n) is 6.23. The highest BCUT2D eigenvalue weighted by atomic mass is 19.2. The number of ether oxygens (including phenoxy) is 2. The second-order valence-electron chi connectivity index (χ2n) is 10.4. The first-order valence-electron chi connectivity index (χ1n) is 13.7. The Morgan fingerprint density at radius 1 is 0.611 bits per heavy atom. The molecule has 36 heavy (non-hydrogen) atoms. The molecular formula is C30H38F4O2. The molecule has 0 radical (unpaired) electrons. The minimum Gasteiger partial charge on any atom is -0.491 e. The summed E-state index contributed by atoms with van der Waals surface area (Å²) in [4.78, 5) is 0. The van der Waals surface area contributed by atoms with E-state index in [2.05, 4.69) is 0 Å². The molecule has 198 valence electrons. The Morgan fingerprint density at radius 2 is 1.06 bits per heavy atom. The lowest BCUT2D eigenvalue weighted by Crippen LogP contribution is -2.25. The Bertz CT molecular complexity index is 1010. The maximum absolute atomic E-state index is 14.8. The van der Waals surface area contributed by atoms with Gasteiger partial charge in [0.15, 0.2) is 23.1 Å². The van der Waals surface area contributed by atoms with Gasteiger partial charge in [-0.25, -0.2) is 8.78 Å². The van der Waals surface area contributed by atoms with Crippen LogP contribution >= 0.6 is 0 Å². The highest BCUT2D eigenvalue weighted by Crippen LogP contribution is 2.47. The van der Waals surface area contributed by atoms with Crippen molar-refractivity contribution >= 4 is 0 Å². The fourth-order valence-corrected chi connectivity index (χ4v) is 6.23. The summed E-state index contributed by atoms with van der Waals surface area (Å²) in [6, 6.07) is 6.48. The van der Waals surface area contributed by atoms with Crippen LogP contribution < -0.4 is 9.47 Å².